The number of piperidine rings is 1. The van der Waals surface area contributed by atoms with E-state index in [1.54, 1.807) is 7.11 Å². The molecular formula is C16H22N2O. The van der Waals surface area contributed by atoms with E-state index in [1.807, 2.05) is 6.07 Å². The van der Waals surface area contributed by atoms with E-state index in [0.29, 0.717) is 6.04 Å². The first-order valence-electron chi connectivity index (χ1n) is 7.11. The SMILES string of the molecule is COc1ccc2c(ccn2C[C@@H]2CCCCN2C)c1. The van der Waals surface area contributed by atoms with E-state index in [-0.39, 0.29) is 0 Å². The van der Waals surface area contributed by atoms with Crippen molar-refractivity contribution in [3.05, 3.63) is 30.5 Å². The van der Waals surface area contributed by atoms with Crippen LogP contribution in [-0.2, 0) is 6.54 Å². The molecule has 3 rings (SSSR count). The fourth-order valence-electron chi connectivity index (χ4n) is 3.07. The van der Waals surface area contributed by atoms with Crippen LogP contribution in [0.2, 0.25) is 0 Å². The Labute approximate surface area is 114 Å². The Morgan fingerprint density at radius 2 is 2.16 bits per heavy atom. The Hall–Kier alpha value is -1.48. The number of ether oxygens (including phenoxy) is 1. The second-order valence-corrected chi connectivity index (χ2v) is 5.52. The molecule has 0 bridgehead atoms. The van der Waals surface area contributed by atoms with Crippen molar-refractivity contribution in [3.63, 3.8) is 0 Å². The van der Waals surface area contributed by atoms with Gasteiger partial charge in [-0.25, -0.2) is 0 Å². The molecule has 2 heterocycles. The van der Waals surface area contributed by atoms with Crippen molar-refractivity contribution in [2.24, 2.45) is 0 Å². The number of rotatable bonds is 3. The Morgan fingerprint density at radius 3 is 2.95 bits per heavy atom. The highest BCUT2D eigenvalue weighted by Crippen LogP contribution is 2.24. The number of methoxy groups -OCH3 is 1. The summed E-state index contributed by atoms with van der Waals surface area (Å²) < 4.78 is 7.66. The van der Waals surface area contributed by atoms with Crippen LogP contribution in [-0.4, -0.2) is 36.2 Å². The Kier molecular flexibility index (Phi) is 3.47. The zero-order chi connectivity index (χ0) is 13.2. The number of aromatic nitrogens is 1. The van der Waals surface area contributed by atoms with Gasteiger partial charge in [0.15, 0.2) is 0 Å². The van der Waals surface area contributed by atoms with Gasteiger partial charge in [0.2, 0.25) is 0 Å². The summed E-state index contributed by atoms with van der Waals surface area (Å²) in [5, 5.41) is 1.26. The maximum atomic E-state index is 5.28. The fourth-order valence-corrected chi connectivity index (χ4v) is 3.07. The summed E-state index contributed by atoms with van der Waals surface area (Å²) in [5.74, 6) is 0.931. The minimum Gasteiger partial charge on any atom is -0.497 e. The molecule has 3 heteroatoms. The van der Waals surface area contributed by atoms with Crippen LogP contribution in [0.3, 0.4) is 0 Å². The quantitative estimate of drug-likeness (QED) is 0.841. The van der Waals surface area contributed by atoms with E-state index in [0.717, 1.165) is 12.3 Å². The van der Waals surface area contributed by atoms with Gasteiger partial charge in [0.25, 0.3) is 0 Å². The van der Waals surface area contributed by atoms with Gasteiger partial charge in [-0.15, -0.1) is 0 Å². The molecule has 0 unspecified atom stereocenters. The first kappa shape index (κ1) is 12.5. The highest BCUT2D eigenvalue weighted by molar-refractivity contribution is 5.81. The molecular weight excluding hydrogens is 236 g/mol. The fraction of sp³-hybridized carbons (Fsp3) is 0.500. The molecule has 0 radical (unpaired) electrons. The number of hydrogen-bond donors (Lipinski definition) is 0. The first-order chi connectivity index (χ1) is 9.28. The van der Waals surface area contributed by atoms with Crippen LogP contribution in [0.5, 0.6) is 5.75 Å². The van der Waals surface area contributed by atoms with Gasteiger partial charge in [-0.3, -0.25) is 0 Å². The van der Waals surface area contributed by atoms with Gasteiger partial charge < -0.3 is 14.2 Å². The molecule has 102 valence electrons. The Morgan fingerprint density at radius 1 is 1.26 bits per heavy atom. The Bertz CT molecular complexity index is 561. The first-order valence-corrected chi connectivity index (χ1v) is 7.11. The third kappa shape index (κ3) is 2.47. The number of nitrogens with zero attached hydrogens (tertiary/aromatic N) is 2. The van der Waals surface area contributed by atoms with Crippen LogP contribution in [0.25, 0.3) is 10.9 Å². The largest absolute Gasteiger partial charge is 0.497 e. The summed E-state index contributed by atoms with van der Waals surface area (Å²) >= 11 is 0. The molecule has 3 nitrogen and oxygen atoms in total. The molecule has 0 amide bonds. The van der Waals surface area contributed by atoms with E-state index in [9.17, 15) is 0 Å². The minimum atomic E-state index is 0.673. The molecule has 0 N–H and O–H groups in total. The lowest BCUT2D eigenvalue weighted by molar-refractivity contribution is 0.169. The molecule has 1 fully saturated rings. The van der Waals surface area contributed by atoms with Crippen molar-refractivity contribution in [1.29, 1.82) is 0 Å². The zero-order valence-electron chi connectivity index (χ0n) is 11.8. The van der Waals surface area contributed by atoms with Crippen molar-refractivity contribution in [2.45, 2.75) is 31.8 Å². The van der Waals surface area contributed by atoms with Crippen molar-refractivity contribution >= 4 is 10.9 Å². The van der Waals surface area contributed by atoms with Crippen molar-refractivity contribution in [2.75, 3.05) is 20.7 Å². The molecule has 1 saturated heterocycles. The van der Waals surface area contributed by atoms with Gasteiger partial charge in [0.05, 0.1) is 7.11 Å². The standard InChI is InChI=1S/C16H22N2O/c1-17-9-4-3-5-14(17)12-18-10-8-13-11-15(19-2)6-7-16(13)18/h6-8,10-11,14H,3-5,9,12H2,1-2H3/t14-/m0/s1. The summed E-state index contributed by atoms with van der Waals surface area (Å²) in [4.78, 5) is 2.50. The van der Waals surface area contributed by atoms with Crippen molar-refractivity contribution < 1.29 is 4.74 Å². The van der Waals surface area contributed by atoms with E-state index in [4.69, 9.17) is 4.74 Å². The molecule has 1 aromatic carbocycles. The average Bonchev–Trinajstić information content (AvgIpc) is 2.83. The van der Waals surface area contributed by atoms with Crippen molar-refractivity contribution in [1.82, 2.24) is 9.47 Å². The summed E-state index contributed by atoms with van der Waals surface area (Å²) in [6.45, 7) is 2.32. The molecule has 1 atom stereocenters. The minimum absolute atomic E-state index is 0.673. The van der Waals surface area contributed by atoms with Gasteiger partial charge in [-0.1, -0.05) is 6.42 Å². The second kappa shape index (κ2) is 5.25. The van der Waals surface area contributed by atoms with Crippen LogP contribution < -0.4 is 4.74 Å². The summed E-state index contributed by atoms with van der Waals surface area (Å²) in [6.07, 6.45) is 6.22. The predicted molar refractivity (Wildman–Crippen MR) is 78.8 cm³/mol. The van der Waals surface area contributed by atoms with Crippen LogP contribution in [0.15, 0.2) is 30.5 Å². The average molecular weight is 258 g/mol. The number of fused-ring (bicyclic) bond motifs is 1. The lowest BCUT2D eigenvalue weighted by Crippen LogP contribution is -2.38. The maximum absolute atomic E-state index is 5.28. The van der Waals surface area contributed by atoms with E-state index >= 15 is 0 Å². The van der Waals surface area contributed by atoms with E-state index in [1.165, 1.54) is 36.7 Å². The number of likely N-dealkylation sites (tertiary alicyclic amines) is 1. The van der Waals surface area contributed by atoms with E-state index in [2.05, 4.69) is 40.9 Å². The number of likely N-dealkylation sites (N-methyl/N-ethyl adjacent to an activating group) is 1. The summed E-state index contributed by atoms with van der Waals surface area (Å²) in [5.41, 5.74) is 1.31. The molecule has 1 aromatic heterocycles. The molecule has 0 spiro atoms. The number of hydrogen-bond acceptors (Lipinski definition) is 2. The lowest BCUT2D eigenvalue weighted by Gasteiger charge is -2.32. The molecule has 1 aliphatic rings. The third-order valence-electron chi connectivity index (χ3n) is 4.31. The topological polar surface area (TPSA) is 17.4 Å². The Balaban J connectivity index is 1.84. The lowest BCUT2D eigenvalue weighted by atomic mass is 10.0. The van der Waals surface area contributed by atoms with Crippen molar-refractivity contribution in [3.8, 4) is 5.75 Å². The smallest absolute Gasteiger partial charge is 0.119 e. The van der Waals surface area contributed by atoms with Crippen LogP contribution in [0.4, 0.5) is 0 Å². The molecule has 0 aliphatic carbocycles. The monoisotopic (exact) mass is 258 g/mol. The molecule has 2 aromatic rings. The van der Waals surface area contributed by atoms with Crippen LogP contribution in [0, 0.1) is 0 Å². The van der Waals surface area contributed by atoms with Gasteiger partial charge >= 0.3 is 0 Å². The second-order valence-electron chi connectivity index (χ2n) is 5.52. The normalized spacial score (nSPS) is 20.8. The maximum Gasteiger partial charge on any atom is 0.119 e. The van der Waals surface area contributed by atoms with Crippen LogP contribution in [0.1, 0.15) is 19.3 Å². The highest BCUT2D eigenvalue weighted by atomic mass is 16.5. The summed E-state index contributed by atoms with van der Waals surface area (Å²) in [6, 6.07) is 9.17. The molecule has 1 aliphatic heterocycles. The van der Waals surface area contributed by atoms with Gasteiger partial charge in [0, 0.05) is 29.7 Å². The van der Waals surface area contributed by atoms with E-state index < -0.39 is 0 Å². The third-order valence-corrected chi connectivity index (χ3v) is 4.31. The number of benzene rings is 1. The van der Waals surface area contributed by atoms with Gasteiger partial charge in [-0.05, 0) is 50.7 Å². The molecule has 19 heavy (non-hydrogen) atoms. The summed E-state index contributed by atoms with van der Waals surface area (Å²) in [7, 11) is 3.97. The highest BCUT2D eigenvalue weighted by Gasteiger charge is 2.19. The van der Waals surface area contributed by atoms with Crippen LogP contribution >= 0.6 is 0 Å². The predicted octanol–water partition coefficient (Wildman–Crippen LogP) is 3.13. The molecule has 0 saturated carbocycles. The zero-order valence-corrected chi connectivity index (χ0v) is 11.8. The van der Waals surface area contributed by atoms with Gasteiger partial charge in [0.1, 0.15) is 5.75 Å². The van der Waals surface area contributed by atoms with Gasteiger partial charge in [-0.2, -0.15) is 0 Å².